The molecule has 0 aliphatic carbocycles. The fourth-order valence-electron chi connectivity index (χ4n) is 3.88. The van der Waals surface area contributed by atoms with Crippen molar-refractivity contribution in [3.05, 3.63) is 39.7 Å². The van der Waals surface area contributed by atoms with E-state index in [-0.39, 0.29) is 5.43 Å². The van der Waals surface area contributed by atoms with E-state index in [0.717, 1.165) is 54.0 Å². The predicted octanol–water partition coefficient (Wildman–Crippen LogP) is 4.80. The Kier molecular flexibility index (Phi) is 7.49. The van der Waals surface area contributed by atoms with Gasteiger partial charge >= 0.3 is 0 Å². The van der Waals surface area contributed by atoms with Crippen LogP contribution in [0, 0.1) is 18.8 Å². The molecule has 2 aromatic rings. The molecule has 0 saturated heterocycles. The molecule has 0 atom stereocenters. The van der Waals surface area contributed by atoms with Crippen LogP contribution in [0.4, 0.5) is 5.69 Å². The van der Waals surface area contributed by atoms with Crippen molar-refractivity contribution in [2.75, 3.05) is 31.1 Å². The van der Waals surface area contributed by atoms with Crippen LogP contribution in [0.3, 0.4) is 0 Å². The number of aryl methyl sites for hydroxylation is 1. The van der Waals surface area contributed by atoms with Crippen molar-refractivity contribution in [1.29, 1.82) is 0 Å². The maximum absolute atomic E-state index is 13.3. The van der Waals surface area contributed by atoms with Gasteiger partial charge in [0.25, 0.3) is 0 Å². The first-order valence-corrected chi connectivity index (χ1v) is 10.4. The van der Waals surface area contributed by atoms with Gasteiger partial charge in [0.05, 0.1) is 0 Å². The van der Waals surface area contributed by atoms with E-state index in [1.165, 1.54) is 0 Å². The van der Waals surface area contributed by atoms with Crippen molar-refractivity contribution in [2.45, 2.75) is 55.0 Å². The minimum absolute atomic E-state index is 0.174. The molecule has 150 valence electrons. The molecule has 0 aliphatic heterocycles. The molecular weight excluding hydrogens is 334 g/mol. The average Bonchev–Trinajstić information content (AvgIpc) is 2.59. The fourth-order valence-corrected chi connectivity index (χ4v) is 3.88. The molecule has 1 aromatic carbocycles. The van der Waals surface area contributed by atoms with E-state index in [9.17, 15) is 4.79 Å². The van der Waals surface area contributed by atoms with Crippen molar-refractivity contribution in [1.82, 2.24) is 9.88 Å². The Labute approximate surface area is 164 Å². The molecule has 1 aromatic heterocycles. The molecule has 0 bridgehead atoms. The van der Waals surface area contributed by atoms with Gasteiger partial charge in [0.1, 0.15) is 0 Å². The van der Waals surface area contributed by atoms with Gasteiger partial charge in [0.15, 0.2) is 5.43 Å². The van der Waals surface area contributed by atoms with Gasteiger partial charge in [-0.1, -0.05) is 27.7 Å². The second-order valence-electron chi connectivity index (χ2n) is 8.44. The lowest BCUT2D eigenvalue weighted by molar-refractivity contribution is 0.210. The Morgan fingerprint density at radius 2 is 1.59 bits per heavy atom. The van der Waals surface area contributed by atoms with E-state index in [2.05, 4.69) is 68.5 Å². The highest BCUT2D eigenvalue weighted by Gasteiger charge is 2.16. The van der Waals surface area contributed by atoms with Gasteiger partial charge in [-0.25, -0.2) is 0 Å². The first-order chi connectivity index (χ1) is 12.8. The third-order valence-corrected chi connectivity index (χ3v) is 5.05. The largest absolute Gasteiger partial charge is 0.372 e. The van der Waals surface area contributed by atoms with Gasteiger partial charge in [-0.3, -0.25) is 9.69 Å². The average molecular weight is 372 g/mol. The summed E-state index contributed by atoms with van der Waals surface area (Å²) in [6, 6.07) is 6.20. The molecule has 27 heavy (non-hydrogen) atoms. The van der Waals surface area contributed by atoms with Crippen LogP contribution in [0.5, 0.6) is 0 Å². The number of anilines is 1. The van der Waals surface area contributed by atoms with Crippen LogP contribution >= 0.6 is 0 Å². The number of rotatable bonds is 9. The molecule has 0 aliphatic rings. The summed E-state index contributed by atoms with van der Waals surface area (Å²) >= 11 is 0. The molecular formula is C23H37N3O. The Bertz CT molecular complexity index is 793. The quantitative estimate of drug-likeness (QED) is 0.688. The van der Waals surface area contributed by atoms with Crippen LogP contribution in [-0.4, -0.2) is 36.1 Å². The molecule has 0 fully saturated rings. The Morgan fingerprint density at radius 3 is 2.11 bits per heavy atom. The lowest BCUT2D eigenvalue weighted by atomic mass is 10.1. The van der Waals surface area contributed by atoms with Crippen LogP contribution in [0.25, 0.3) is 10.9 Å². The normalized spacial score (nSPS) is 11.9. The molecule has 0 spiro atoms. The van der Waals surface area contributed by atoms with Crippen molar-refractivity contribution >= 4 is 16.6 Å². The van der Waals surface area contributed by atoms with Crippen molar-refractivity contribution < 1.29 is 0 Å². The summed E-state index contributed by atoms with van der Waals surface area (Å²) in [6.07, 6.45) is 0. The van der Waals surface area contributed by atoms with Crippen molar-refractivity contribution in [3.8, 4) is 0 Å². The first-order valence-electron chi connectivity index (χ1n) is 10.4. The number of hydrogen-bond acceptors (Lipinski definition) is 3. The highest BCUT2D eigenvalue weighted by molar-refractivity contribution is 5.83. The number of hydrogen-bond donors (Lipinski definition) is 1. The van der Waals surface area contributed by atoms with E-state index in [1.807, 2.05) is 13.0 Å². The topological polar surface area (TPSA) is 39.3 Å². The standard InChI is InChI=1S/C23H37N3O/c1-8-26(9-2)19-10-11-22-20(12-19)23(27)21(18(7)24-22)15-25(13-16(3)4)14-17(5)6/h10-12,16-17H,8-9,13-15H2,1-7H3,(H,24,27). The maximum atomic E-state index is 13.3. The van der Waals surface area contributed by atoms with Crippen molar-refractivity contribution in [3.63, 3.8) is 0 Å². The zero-order chi connectivity index (χ0) is 20.1. The second kappa shape index (κ2) is 9.41. The number of benzene rings is 1. The SMILES string of the molecule is CCN(CC)c1ccc2[nH]c(C)c(CN(CC(C)C)CC(C)C)c(=O)c2c1. The van der Waals surface area contributed by atoms with Crippen LogP contribution in [-0.2, 0) is 6.54 Å². The van der Waals surface area contributed by atoms with E-state index in [4.69, 9.17) is 0 Å². The van der Waals surface area contributed by atoms with Gasteiger partial charge in [0.2, 0.25) is 0 Å². The third-order valence-electron chi connectivity index (χ3n) is 5.05. The van der Waals surface area contributed by atoms with Gasteiger partial charge in [-0.2, -0.15) is 0 Å². The number of aromatic amines is 1. The number of aromatic nitrogens is 1. The maximum Gasteiger partial charge on any atom is 0.194 e. The minimum atomic E-state index is 0.174. The Balaban J connectivity index is 2.47. The van der Waals surface area contributed by atoms with Crippen LogP contribution in [0.15, 0.2) is 23.0 Å². The second-order valence-corrected chi connectivity index (χ2v) is 8.44. The highest BCUT2D eigenvalue weighted by Crippen LogP contribution is 2.21. The number of pyridine rings is 1. The van der Waals surface area contributed by atoms with Gasteiger partial charge in [0, 0.05) is 60.6 Å². The Hall–Kier alpha value is -1.81. The molecule has 1 heterocycles. The summed E-state index contributed by atoms with van der Waals surface area (Å²) in [7, 11) is 0. The van der Waals surface area contributed by atoms with Gasteiger partial charge in [-0.15, -0.1) is 0 Å². The van der Waals surface area contributed by atoms with Crippen LogP contribution in [0.2, 0.25) is 0 Å². The Morgan fingerprint density at radius 1 is 1.00 bits per heavy atom. The van der Waals surface area contributed by atoms with E-state index >= 15 is 0 Å². The van der Waals surface area contributed by atoms with Gasteiger partial charge < -0.3 is 9.88 Å². The minimum Gasteiger partial charge on any atom is -0.372 e. The summed E-state index contributed by atoms with van der Waals surface area (Å²) in [5.41, 5.74) is 4.11. The number of nitrogens with zero attached hydrogens (tertiary/aromatic N) is 2. The van der Waals surface area contributed by atoms with Crippen LogP contribution < -0.4 is 10.3 Å². The zero-order valence-electron chi connectivity index (χ0n) is 18.2. The van der Waals surface area contributed by atoms with Crippen LogP contribution in [0.1, 0.15) is 52.8 Å². The molecule has 4 heteroatoms. The zero-order valence-corrected chi connectivity index (χ0v) is 18.2. The van der Waals surface area contributed by atoms with E-state index < -0.39 is 0 Å². The lowest BCUT2D eigenvalue weighted by Crippen LogP contribution is -2.33. The lowest BCUT2D eigenvalue weighted by Gasteiger charge is -2.26. The fraction of sp³-hybridized carbons (Fsp3) is 0.609. The molecule has 2 rings (SSSR count). The number of fused-ring (bicyclic) bond motifs is 1. The number of H-pyrrole nitrogens is 1. The summed E-state index contributed by atoms with van der Waals surface area (Å²) in [5, 5.41) is 0.800. The summed E-state index contributed by atoms with van der Waals surface area (Å²) in [6.45, 7) is 19.9. The first kappa shape index (κ1) is 21.5. The molecule has 1 N–H and O–H groups in total. The monoisotopic (exact) mass is 371 g/mol. The third kappa shape index (κ3) is 5.35. The molecule has 0 radical (unpaired) electrons. The smallest absolute Gasteiger partial charge is 0.194 e. The molecule has 0 amide bonds. The molecule has 4 nitrogen and oxygen atoms in total. The highest BCUT2D eigenvalue weighted by atomic mass is 16.1. The van der Waals surface area contributed by atoms with E-state index in [1.54, 1.807) is 0 Å². The summed E-state index contributed by atoms with van der Waals surface area (Å²) in [4.78, 5) is 21.5. The van der Waals surface area contributed by atoms with E-state index in [0.29, 0.717) is 18.4 Å². The summed E-state index contributed by atoms with van der Waals surface area (Å²) < 4.78 is 0. The van der Waals surface area contributed by atoms with Gasteiger partial charge in [-0.05, 0) is 50.8 Å². The summed E-state index contributed by atoms with van der Waals surface area (Å²) in [5.74, 6) is 1.16. The number of nitrogens with one attached hydrogen (secondary N) is 1. The molecule has 0 unspecified atom stereocenters. The predicted molar refractivity (Wildman–Crippen MR) is 118 cm³/mol. The molecule has 0 saturated carbocycles. The van der Waals surface area contributed by atoms with Crippen molar-refractivity contribution in [2.24, 2.45) is 11.8 Å².